The van der Waals surface area contributed by atoms with Gasteiger partial charge in [-0.1, -0.05) is 176 Å². The fraction of sp³-hybridized carbons (Fsp3) is 0.0392. The summed E-state index contributed by atoms with van der Waals surface area (Å²) in [6.45, 7) is 0. The first-order valence-electron chi connectivity index (χ1n) is 18.2. The maximum Gasteiger partial charge on any atom is 0.0995 e. The minimum atomic E-state index is -0.528. The summed E-state index contributed by atoms with van der Waals surface area (Å²) >= 11 is 0. The van der Waals surface area contributed by atoms with Crippen molar-refractivity contribution in [3.8, 4) is 22.9 Å². The minimum Gasteiger partial charge on any atom is -0.309 e. The Kier molecular flexibility index (Phi) is 7.20. The zero-order valence-electron chi connectivity index (χ0n) is 29.0. The Hall–Kier alpha value is -6.95. The van der Waals surface area contributed by atoms with Gasteiger partial charge in [0.05, 0.1) is 33.8 Å². The largest absolute Gasteiger partial charge is 0.309 e. The second-order valence-electron chi connectivity index (χ2n) is 13.9. The van der Waals surface area contributed by atoms with Crippen LogP contribution in [0.25, 0.3) is 38.6 Å². The van der Waals surface area contributed by atoms with Gasteiger partial charge in [0, 0.05) is 22.3 Å². The summed E-state index contributed by atoms with van der Waals surface area (Å²) < 4.78 is 2.36. The third-order valence-electron chi connectivity index (χ3n) is 11.3. The molecule has 10 rings (SSSR count). The molecule has 0 aliphatic heterocycles. The van der Waals surface area contributed by atoms with Gasteiger partial charge in [-0.05, 0) is 68.8 Å². The molecule has 2 nitrogen and oxygen atoms in total. The molecule has 0 atom stereocenters. The van der Waals surface area contributed by atoms with Crippen LogP contribution in [0.2, 0.25) is 0 Å². The van der Waals surface area contributed by atoms with Gasteiger partial charge < -0.3 is 4.57 Å². The van der Waals surface area contributed by atoms with Crippen LogP contribution in [-0.2, 0) is 5.41 Å². The summed E-state index contributed by atoms with van der Waals surface area (Å²) in [7, 11) is 0. The van der Waals surface area contributed by atoms with Gasteiger partial charge in [-0.2, -0.15) is 5.26 Å². The van der Waals surface area contributed by atoms with Gasteiger partial charge in [0.15, 0.2) is 0 Å². The predicted molar refractivity (Wildman–Crippen MR) is 217 cm³/mol. The van der Waals surface area contributed by atoms with Crippen molar-refractivity contribution < 1.29 is 0 Å². The highest BCUT2D eigenvalue weighted by Gasteiger charge is 2.46. The number of rotatable bonds is 5. The number of fused-ring (bicyclic) bond motifs is 5. The number of hydrogen-bond acceptors (Lipinski definition) is 1. The minimum absolute atomic E-state index is 0.126. The molecule has 2 heteroatoms. The molecule has 0 amide bonds. The van der Waals surface area contributed by atoms with Gasteiger partial charge in [0.2, 0.25) is 0 Å². The molecule has 0 fully saturated rings. The van der Waals surface area contributed by atoms with E-state index in [0.29, 0.717) is 5.56 Å². The molecule has 9 aromatic rings. The van der Waals surface area contributed by atoms with E-state index in [1.807, 2.05) is 0 Å². The number of nitriles is 1. The van der Waals surface area contributed by atoms with Crippen LogP contribution >= 0.6 is 0 Å². The number of benzene rings is 8. The first kappa shape index (κ1) is 30.8. The zero-order valence-corrected chi connectivity index (χ0v) is 29.0. The maximum absolute atomic E-state index is 11.0. The normalized spacial score (nSPS) is 13.3. The molecule has 0 saturated heterocycles. The van der Waals surface area contributed by atoms with Crippen LogP contribution in [0.4, 0.5) is 0 Å². The molecule has 248 valence electrons. The molecule has 1 aliphatic rings. The Morgan fingerprint density at radius 1 is 0.453 bits per heavy atom. The Labute approximate surface area is 309 Å². The first-order valence-corrected chi connectivity index (χ1v) is 18.2. The Morgan fingerprint density at radius 2 is 0.943 bits per heavy atom. The molecule has 8 aromatic carbocycles. The van der Waals surface area contributed by atoms with Gasteiger partial charge in [-0.3, -0.25) is 0 Å². The lowest BCUT2D eigenvalue weighted by atomic mass is 9.56. The molecule has 0 spiro atoms. The zero-order chi connectivity index (χ0) is 35.4. The summed E-state index contributed by atoms with van der Waals surface area (Å²) in [5.74, 6) is -0.126. The van der Waals surface area contributed by atoms with Gasteiger partial charge in [-0.15, -0.1) is 0 Å². The molecule has 0 saturated carbocycles. The van der Waals surface area contributed by atoms with Crippen molar-refractivity contribution in [3.05, 3.63) is 245 Å². The van der Waals surface area contributed by atoms with Crippen molar-refractivity contribution >= 4 is 21.8 Å². The highest BCUT2D eigenvalue weighted by molar-refractivity contribution is 6.09. The maximum atomic E-state index is 11.0. The lowest BCUT2D eigenvalue weighted by Crippen LogP contribution is -2.37. The number of para-hydroxylation sites is 3. The van der Waals surface area contributed by atoms with Gasteiger partial charge in [0.25, 0.3) is 0 Å². The van der Waals surface area contributed by atoms with Crippen molar-refractivity contribution in [2.24, 2.45) is 0 Å². The van der Waals surface area contributed by atoms with Crippen molar-refractivity contribution in [1.29, 1.82) is 5.26 Å². The van der Waals surface area contributed by atoms with E-state index in [-0.39, 0.29) is 5.92 Å². The predicted octanol–water partition coefficient (Wildman–Crippen LogP) is 12.2. The molecule has 0 N–H and O–H groups in total. The van der Waals surface area contributed by atoms with E-state index in [2.05, 4.69) is 211 Å². The molecule has 1 aliphatic carbocycles. The molecule has 0 radical (unpaired) electrons. The molecule has 0 bridgehead atoms. The average molecular weight is 675 g/mol. The third kappa shape index (κ3) is 4.58. The van der Waals surface area contributed by atoms with Crippen LogP contribution in [0.1, 0.15) is 50.4 Å². The summed E-state index contributed by atoms with van der Waals surface area (Å²) in [6, 6.07) is 74.4. The number of aromatic nitrogens is 1. The van der Waals surface area contributed by atoms with Crippen molar-refractivity contribution in [1.82, 2.24) is 4.57 Å². The quantitative estimate of drug-likeness (QED) is 0.179. The second-order valence-corrected chi connectivity index (χ2v) is 13.9. The van der Waals surface area contributed by atoms with Crippen LogP contribution in [0, 0.1) is 11.3 Å². The average Bonchev–Trinajstić information content (AvgIpc) is 3.57. The SMILES string of the molecule is N#Cc1cc(-c2ccccc2-n2c3ccccc3c3ccccc32)ccc1C1c2ccccc2C(c2ccccc2)(c2ccccc2)c2ccccc21. The molecule has 1 heterocycles. The van der Waals surface area contributed by atoms with E-state index in [0.717, 1.165) is 33.4 Å². The van der Waals surface area contributed by atoms with Crippen LogP contribution < -0.4 is 0 Å². The summed E-state index contributed by atoms with van der Waals surface area (Å²) in [4.78, 5) is 0. The van der Waals surface area contributed by atoms with E-state index >= 15 is 0 Å². The fourth-order valence-electron chi connectivity index (χ4n) is 9.16. The van der Waals surface area contributed by atoms with Crippen molar-refractivity contribution in [2.75, 3.05) is 0 Å². The number of hydrogen-bond donors (Lipinski definition) is 0. The lowest BCUT2D eigenvalue weighted by Gasteiger charge is -2.45. The summed E-state index contributed by atoms with van der Waals surface area (Å²) in [6.07, 6.45) is 0. The van der Waals surface area contributed by atoms with Crippen LogP contribution in [-0.4, -0.2) is 4.57 Å². The van der Waals surface area contributed by atoms with Crippen LogP contribution in [0.3, 0.4) is 0 Å². The molecule has 53 heavy (non-hydrogen) atoms. The topological polar surface area (TPSA) is 28.7 Å². The molecular formula is C51H34N2. The molecular weight excluding hydrogens is 641 g/mol. The van der Waals surface area contributed by atoms with Gasteiger partial charge >= 0.3 is 0 Å². The van der Waals surface area contributed by atoms with Crippen LogP contribution in [0.5, 0.6) is 0 Å². The second kappa shape index (κ2) is 12.4. The van der Waals surface area contributed by atoms with Gasteiger partial charge in [-0.25, -0.2) is 0 Å². The fourth-order valence-corrected chi connectivity index (χ4v) is 9.16. The van der Waals surface area contributed by atoms with Crippen molar-refractivity contribution in [2.45, 2.75) is 11.3 Å². The Morgan fingerprint density at radius 3 is 1.53 bits per heavy atom. The third-order valence-corrected chi connectivity index (χ3v) is 11.3. The van der Waals surface area contributed by atoms with Crippen molar-refractivity contribution in [3.63, 3.8) is 0 Å². The molecule has 1 aromatic heterocycles. The Bertz CT molecular complexity index is 2710. The highest BCUT2D eigenvalue weighted by Crippen LogP contribution is 2.55. The molecule has 0 unspecified atom stereocenters. The van der Waals surface area contributed by atoms with E-state index in [9.17, 15) is 5.26 Å². The number of nitrogens with zero attached hydrogens (tertiary/aromatic N) is 2. The smallest absolute Gasteiger partial charge is 0.0995 e. The lowest BCUT2D eigenvalue weighted by molar-refractivity contribution is 0.681. The van der Waals surface area contributed by atoms with Crippen LogP contribution in [0.15, 0.2) is 200 Å². The van der Waals surface area contributed by atoms with E-state index in [4.69, 9.17) is 0 Å². The highest BCUT2D eigenvalue weighted by atomic mass is 15.0. The van der Waals surface area contributed by atoms with E-state index < -0.39 is 5.41 Å². The van der Waals surface area contributed by atoms with E-state index in [1.165, 1.54) is 44.2 Å². The Balaban J connectivity index is 1.19. The van der Waals surface area contributed by atoms with E-state index in [1.54, 1.807) is 0 Å². The summed E-state index contributed by atoms with van der Waals surface area (Å²) in [5, 5.41) is 13.4. The summed E-state index contributed by atoms with van der Waals surface area (Å²) in [5.41, 5.74) is 14.0. The van der Waals surface area contributed by atoms with Gasteiger partial charge in [0.1, 0.15) is 0 Å². The first-order chi connectivity index (χ1) is 26.3. The standard InChI is InChI=1S/C51H34N2/c52-34-36-33-35(39-21-9-14-28-47(39)53-48-29-15-10-22-41(48)42-23-11-16-30-49(42)53)31-32-40(36)50-43-24-7-12-26-45(43)51(37-17-3-1-4-18-37,38-19-5-2-6-20-38)46-27-13-8-25-44(46)50/h1-33,50H. The monoisotopic (exact) mass is 674 g/mol.